The van der Waals surface area contributed by atoms with E-state index in [-0.39, 0.29) is 29.8 Å². The number of aromatic carboxylic acids is 1. The Morgan fingerprint density at radius 1 is 0.977 bits per heavy atom. The molecule has 3 aliphatic rings. The van der Waals surface area contributed by atoms with Crippen LogP contribution in [0.25, 0.3) is 0 Å². The topological polar surface area (TPSA) is 140 Å². The Morgan fingerprint density at radius 2 is 1.57 bits per heavy atom. The number of unbranched alkanes of at least 4 members (excludes halogenated alkanes) is 1. The molecule has 11 heteroatoms. The molecule has 2 aliphatic heterocycles. The fraction of sp³-hybridized carbons (Fsp3) is 0.545. The van der Waals surface area contributed by atoms with Gasteiger partial charge < -0.3 is 30.3 Å². The zero-order chi connectivity index (χ0) is 30.6. The number of carbonyl (C=O) groups is 3. The number of amides is 2. The Balaban J connectivity index is 0.00000442. The minimum absolute atomic E-state index is 0. The third-order valence-electron chi connectivity index (χ3n) is 9.44. The average molecular weight is 630 g/mol. The van der Waals surface area contributed by atoms with Crippen molar-refractivity contribution < 1.29 is 34.4 Å². The number of benzene rings is 2. The minimum Gasteiger partial charge on any atom is -0.478 e. The number of carbonyl (C=O) groups excluding carboxylic acids is 2. The summed E-state index contributed by atoms with van der Waals surface area (Å²) in [5.74, 6) is -3.17. The van der Waals surface area contributed by atoms with Crippen LogP contribution in [0, 0.1) is 5.92 Å². The molecule has 1 atom stereocenters. The smallest absolute Gasteiger partial charge is 0.335 e. The first-order chi connectivity index (χ1) is 20.6. The van der Waals surface area contributed by atoms with Gasteiger partial charge in [-0.05, 0) is 74.1 Å². The Morgan fingerprint density at radius 3 is 2.14 bits per heavy atom. The maximum Gasteiger partial charge on any atom is 0.335 e. The fourth-order valence-electron chi connectivity index (χ4n) is 6.81. The summed E-state index contributed by atoms with van der Waals surface area (Å²) >= 11 is 0. The maximum atomic E-state index is 13.9. The van der Waals surface area contributed by atoms with Crippen molar-refractivity contribution in [3.63, 3.8) is 0 Å². The van der Waals surface area contributed by atoms with Crippen LogP contribution in [0.2, 0.25) is 0 Å². The average Bonchev–Trinajstić information content (AvgIpc) is 3.01. The Bertz CT molecular complexity index is 1290. The van der Waals surface area contributed by atoms with E-state index < -0.39 is 29.3 Å². The van der Waals surface area contributed by atoms with Gasteiger partial charge in [-0.2, -0.15) is 0 Å². The summed E-state index contributed by atoms with van der Waals surface area (Å²) in [6.45, 7) is 4.37. The predicted molar refractivity (Wildman–Crippen MR) is 167 cm³/mol. The number of carboxylic acid groups (broad SMARTS) is 1. The summed E-state index contributed by atoms with van der Waals surface area (Å²) in [5, 5.41) is 34.2. The summed E-state index contributed by atoms with van der Waals surface area (Å²) in [5.41, 5.74) is 0.286. The molecule has 2 amide bonds. The Kier molecular flexibility index (Phi) is 10.9. The molecule has 10 nitrogen and oxygen atoms in total. The molecule has 0 radical (unpaired) electrons. The lowest BCUT2D eigenvalue weighted by Gasteiger charge is -2.54. The number of ether oxygens (including phenoxy) is 1. The molecule has 44 heavy (non-hydrogen) atoms. The number of aliphatic hydroxyl groups is 2. The van der Waals surface area contributed by atoms with Gasteiger partial charge in [0.25, 0.3) is 5.91 Å². The van der Waals surface area contributed by atoms with Gasteiger partial charge in [-0.15, -0.1) is 12.4 Å². The molecule has 2 heterocycles. The molecule has 3 fully saturated rings. The van der Waals surface area contributed by atoms with E-state index >= 15 is 0 Å². The largest absolute Gasteiger partial charge is 0.478 e. The third-order valence-corrected chi connectivity index (χ3v) is 9.44. The van der Waals surface area contributed by atoms with E-state index in [1.807, 2.05) is 31.2 Å². The lowest BCUT2D eigenvalue weighted by atomic mass is 9.76. The zero-order valence-corrected chi connectivity index (χ0v) is 26.1. The second-order valence-electron chi connectivity index (χ2n) is 12.3. The number of carboxylic acids is 1. The van der Waals surface area contributed by atoms with Gasteiger partial charge in [0, 0.05) is 32.1 Å². The van der Waals surface area contributed by atoms with Crippen molar-refractivity contribution >= 4 is 30.2 Å². The first-order valence-electron chi connectivity index (χ1n) is 15.5. The van der Waals surface area contributed by atoms with Crippen LogP contribution < -0.4 is 10.1 Å². The van der Waals surface area contributed by atoms with Crippen LogP contribution in [0.5, 0.6) is 11.5 Å². The molecule has 240 valence electrons. The van der Waals surface area contributed by atoms with Gasteiger partial charge in [-0.3, -0.25) is 14.5 Å². The van der Waals surface area contributed by atoms with Gasteiger partial charge in [0.15, 0.2) is 11.8 Å². The van der Waals surface area contributed by atoms with Crippen molar-refractivity contribution in [2.75, 3.05) is 19.6 Å². The Hall–Kier alpha value is -3.18. The van der Waals surface area contributed by atoms with Crippen LogP contribution in [-0.4, -0.2) is 79.9 Å². The first kappa shape index (κ1) is 33.7. The molecule has 5 rings (SSSR count). The molecule has 1 saturated carbocycles. The highest BCUT2D eigenvalue weighted by Gasteiger charge is 2.59. The monoisotopic (exact) mass is 629 g/mol. The molecule has 1 aliphatic carbocycles. The zero-order valence-electron chi connectivity index (χ0n) is 25.2. The molecule has 2 saturated heterocycles. The van der Waals surface area contributed by atoms with E-state index in [0.717, 1.165) is 37.7 Å². The molecule has 1 spiro atoms. The van der Waals surface area contributed by atoms with Gasteiger partial charge >= 0.3 is 5.97 Å². The van der Waals surface area contributed by atoms with E-state index in [4.69, 9.17) is 9.84 Å². The summed E-state index contributed by atoms with van der Waals surface area (Å²) in [6.07, 6.45) is 6.63. The molecule has 2 aromatic rings. The third kappa shape index (κ3) is 7.04. The van der Waals surface area contributed by atoms with E-state index in [9.17, 15) is 24.6 Å². The van der Waals surface area contributed by atoms with Crippen LogP contribution in [0.3, 0.4) is 0 Å². The number of piperidine rings is 1. The maximum absolute atomic E-state index is 13.9. The quantitative estimate of drug-likeness (QED) is 0.285. The number of piperazine rings is 1. The number of hydrogen-bond donors (Lipinski definition) is 4. The van der Waals surface area contributed by atoms with Crippen molar-refractivity contribution in [2.45, 2.75) is 88.6 Å². The highest BCUT2D eigenvalue weighted by atomic mass is 35.5. The van der Waals surface area contributed by atoms with Crippen molar-refractivity contribution in [1.29, 1.82) is 0 Å². The molecular formula is C33H44ClN3O7. The van der Waals surface area contributed by atoms with Gasteiger partial charge in [0.1, 0.15) is 17.0 Å². The fourth-order valence-corrected chi connectivity index (χ4v) is 6.81. The lowest BCUT2D eigenvalue weighted by Crippen LogP contribution is -2.77. The van der Waals surface area contributed by atoms with Crippen LogP contribution in [0.15, 0.2) is 48.5 Å². The van der Waals surface area contributed by atoms with Crippen molar-refractivity contribution in [1.82, 2.24) is 15.1 Å². The van der Waals surface area contributed by atoms with E-state index in [1.54, 1.807) is 17.0 Å². The van der Waals surface area contributed by atoms with Crippen molar-refractivity contribution in [3.8, 4) is 11.5 Å². The van der Waals surface area contributed by atoms with Crippen molar-refractivity contribution in [2.24, 2.45) is 5.92 Å². The number of nitrogens with one attached hydrogen (secondary N) is 1. The number of likely N-dealkylation sites (tertiary alicyclic amines) is 1. The molecular weight excluding hydrogens is 586 g/mol. The first-order valence-corrected chi connectivity index (χ1v) is 15.5. The second kappa shape index (κ2) is 14.3. The standard InChI is InChI=1S/C33H43N3O7.ClH/c1-2-3-19-36-29(37)28(33(41,42)25-7-5-4-6-8-25)34-31(40)32(36)17-20-35(21-18-32)22-23-9-13-26(14-10-23)43-27-15-11-24(12-16-27)30(38)39;/h9-16,25,28,41-42H,2-8,17-22H2,1H3,(H,34,40)(H,38,39);1H/t28-;/m0./s1. The van der Waals surface area contributed by atoms with E-state index in [0.29, 0.717) is 63.4 Å². The number of nitrogens with zero attached hydrogens (tertiary/aromatic N) is 2. The minimum atomic E-state index is -2.27. The van der Waals surface area contributed by atoms with Gasteiger partial charge in [0.2, 0.25) is 5.91 Å². The lowest BCUT2D eigenvalue weighted by molar-refractivity contribution is -0.235. The van der Waals surface area contributed by atoms with Gasteiger partial charge in [-0.1, -0.05) is 44.7 Å². The normalized spacial score (nSPS) is 21.1. The SMILES string of the molecule is CCCCN1C(=O)[C@@H](C(O)(O)C2CCCCC2)NC(=O)C12CCN(Cc1ccc(Oc3ccc(C(=O)O)cc3)cc1)CC2.Cl. The van der Waals surface area contributed by atoms with Crippen LogP contribution >= 0.6 is 12.4 Å². The summed E-state index contributed by atoms with van der Waals surface area (Å²) in [6, 6.07) is 12.6. The number of rotatable bonds is 10. The van der Waals surface area contributed by atoms with E-state index in [2.05, 4.69) is 10.2 Å². The molecule has 0 unspecified atom stereocenters. The van der Waals surface area contributed by atoms with Crippen LogP contribution in [-0.2, 0) is 16.1 Å². The molecule has 4 N–H and O–H groups in total. The molecule has 2 aromatic carbocycles. The van der Waals surface area contributed by atoms with Crippen LogP contribution in [0.1, 0.15) is 80.6 Å². The van der Waals surface area contributed by atoms with Gasteiger partial charge in [0.05, 0.1) is 5.56 Å². The second-order valence-corrected chi connectivity index (χ2v) is 12.3. The predicted octanol–water partition coefficient (Wildman–Crippen LogP) is 4.32. The van der Waals surface area contributed by atoms with Crippen LogP contribution in [0.4, 0.5) is 0 Å². The highest BCUT2D eigenvalue weighted by molar-refractivity contribution is 6.00. The molecule has 0 aromatic heterocycles. The Labute approximate surface area is 264 Å². The summed E-state index contributed by atoms with van der Waals surface area (Å²) in [7, 11) is 0. The number of hydrogen-bond acceptors (Lipinski definition) is 7. The molecule has 0 bridgehead atoms. The number of halogens is 1. The summed E-state index contributed by atoms with van der Waals surface area (Å²) < 4.78 is 5.85. The van der Waals surface area contributed by atoms with Gasteiger partial charge in [-0.25, -0.2) is 4.79 Å². The highest BCUT2D eigenvalue weighted by Crippen LogP contribution is 2.39. The van der Waals surface area contributed by atoms with E-state index in [1.165, 1.54) is 12.1 Å². The summed E-state index contributed by atoms with van der Waals surface area (Å²) in [4.78, 5) is 42.6. The van der Waals surface area contributed by atoms with Crippen molar-refractivity contribution in [3.05, 3.63) is 59.7 Å².